The Morgan fingerprint density at radius 2 is 1.60 bits per heavy atom. The normalized spacial score (nSPS) is 35.3. The van der Waals surface area contributed by atoms with Crippen LogP contribution >= 0.6 is 0 Å². The maximum atomic E-state index is 14.6. The number of hydrogen-bond donors (Lipinski definition) is 5. The van der Waals surface area contributed by atoms with Crippen LogP contribution in [0.1, 0.15) is 69.4 Å². The maximum Gasteiger partial charge on any atom is 0.508 e. The maximum absolute atomic E-state index is 14.6. The Kier molecular flexibility index (Phi) is 11.8. The Labute approximate surface area is 344 Å². The van der Waals surface area contributed by atoms with E-state index < -0.39 is 94.2 Å². The smallest absolute Gasteiger partial charge is 0.456 e. The van der Waals surface area contributed by atoms with Crippen LogP contribution in [-0.2, 0) is 28.5 Å². The zero-order valence-corrected chi connectivity index (χ0v) is 35.4. The van der Waals surface area contributed by atoms with Crippen molar-refractivity contribution in [2.75, 3.05) is 13.7 Å². The van der Waals surface area contributed by atoms with Gasteiger partial charge < -0.3 is 44.7 Å². The number of aliphatic hydroxyl groups is 4. The zero-order valence-electron chi connectivity index (χ0n) is 30.6. The van der Waals surface area contributed by atoms with Crippen LogP contribution in [0, 0.1) is 66.7 Å². The van der Waals surface area contributed by atoms with Crippen LogP contribution in [0.2, 0.25) is 0 Å². The molecule has 53 heavy (non-hydrogen) atoms. The molecule has 1 heterocycles. The van der Waals surface area contributed by atoms with Crippen LogP contribution in [0.3, 0.4) is 0 Å². The van der Waals surface area contributed by atoms with Crippen LogP contribution < -0.4 is 5.32 Å². The Morgan fingerprint density at radius 3 is 2.17 bits per heavy atom. The fourth-order valence-electron chi connectivity index (χ4n) is 9.60. The number of benzene rings is 2. The van der Waals surface area contributed by atoms with E-state index >= 15 is 0 Å². The standard InChI is InChI=1S/C39H47NO12.Ac/c1-20-24(51-34(46)30(43)28(22-13-9-7-10-14-22)40-33(45)23-15-11-8-12-16-23)18-39(48)21(2)31-37(5,32(44)29(42)27(20)36(39,3)4)25(41)17-26-38(31,19-50-26)52-35(47)49-6;/h7-16,21,24-26,28-31,41-43,48H,17-19H2,1-6H3,(H,40,45);. The molecule has 11 atom stereocenters. The van der Waals surface area contributed by atoms with Crippen molar-refractivity contribution >= 4 is 23.8 Å². The van der Waals surface area contributed by atoms with Crippen molar-refractivity contribution in [1.82, 2.24) is 5.32 Å². The topological polar surface area (TPSA) is 198 Å². The number of ether oxygens (including phenoxy) is 4. The first-order chi connectivity index (χ1) is 24.5. The van der Waals surface area contributed by atoms with Gasteiger partial charge in [-0.25, -0.2) is 9.59 Å². The molecule has 1 saturated heterocycles. The molecule has 4 aliphatic rings. The molecular weight excluding hydrogens is 901 g/mol. The first kappa shape index (κ1) is 41.5. The van der Waals surface area contributed by atoms with Gasteiger partial charge in [0.1, 0.15) is 18.3 Å². The minimum atomic E-state index is -1.91. The Morgan fingerprint density at radius 1 is 1.00 bits per heavy atom. The quantitative estimate of drug-likeness (QED) is 0.202. The van der Waals surface area contributed by atoms with Gasteiger partial charge in [0, 0.05) is 73.8 Å². The monoisotopic (exact) mass is 948 g/mol. The molecular formula is C39H47AcNO12. The first-order valence-corrected chi connectivity index (χ1v) is 17.5. The van der Waals surface area contributed by atoms with E-state index in [4.69, 9.17) is 18.9 Å². The van der Waals surface area contributed by atoms with Gasteiger partial charge in [0.05, 0.1) is 36.9 Å². The molecule has 3 fully saturated rings. The molecule has 2 aromatic carbocycles. The third-order valence-corrected chi connectivity index (χ3v) is 12.6. The second kappa shape index (κ2) is 15.1. The average Bonchev–Trinajstić information content (AvgIpc) is 3.12. The largest absolute Gasteiger partial charge is 0.508 e. The zero-order chi connectivity index (χ0) is 38.0. The molecule has 11 unspecified atom stereocenters. The second-order valence-corrected chi connectivity index (χ2v) is 15.3. The minimum absolute atomic E-state index is 0. The first-order valence-electron chi connectivity index (χ1n) is 17.5. The van der Waals surface area contributed by atoms with Crippen molar-refractivity contribution in [2.45, 2.75) is 95.2 Å². The van der Waals surface area contributed by atoms with E-state index in [1.54, 1.807) is 88.4 Å². The van der Waals surface area contributed by atoms with E-state index in [1.165, 1.54) is 6.92 Å². The van der Waals surface area contributed by atoms with Crippen molar-refractivity contribution in [3.05, 3.63) is 82.9 Å². The molecule has 3 aliphatic carbocycles. The summed E-state index contributed by atoms with van der Waals surface area (Å²) in [5.41, 5.74) is -5.26. The van der Waals surface area contributed by atoms with Gasteiger partial charge in [0.2, 0.25) is 0 Å². The van der Waals surface area contributed by atoms with Gasteiger partial charge in [0.25, 0.3) is 5.91 Å². The molecule has 13 nitrogen and oxygen atoms in total. The number of Topliss-reactive ketones (excluding diaryl/α,β-unsaturated/α-hetero) is 1. The van der Waals surface area contributed by atoms with Crippen LogP contribution in [0.4, 0.5) is 4.79 Å². The van der Waals surface area contributed by atoms with Gasteiger partial charge in [-0.2, -0.15) is 0 Å². The van der Waals surface area contributed by atoms with Crippen molar-refractivity contribution < 1.29 is 103 Å². The van der Waals surface area contributed by atoms with E-state index in [2.05, 4.69) is 5.32 Å². The van der Waals surface area contributed by atoms with Gasteiger partial charge >= 0.3 is 12.1 Å². The van der Waals surface area contributed by atoms with Crippen molar-refractivity contribution in [2.24, 2.45) is 22.7 Å². The number of ketones is 1. The third-order valence-electron chi connectivity index (χ3n) is 12.6. The van der Waals surface area contributed by atoms with E-state index in [0.29, 0.717) is 16.7 Å². The van der Waals surface area contributed by atoms with Crippen LogP contribution in [0.25, 0.3) is 0 Å². The van der Waals surface area contributed by atoms with E-state index in [0.717, 1.165) is 7.11 Å². The molecule has 0 aromatic heterocycles. The predicted molar refractivity (Wildman–Crippen MR) is 183 cm³/mol. The van der Waals surface area contributed by atoms with Crippen molar-refractivity contribution in [1.29, 1.82) is 0 Å². The molecule has 2 saturated carbocycles. The second-order valence-electron chi connectivity index (χ2n) is 15.3. The Balaban J connectivity index is 0.00000541. The van der Waals surface area contributed by atoms with Gasteiger partial charge in [-0.1, -0.05) is 69.3 Å². The number of carbonyl (C=O) groups excluding carboxylic acids is 4. The number of nitrogens with one attached hydrogen (secondary N) is 1. The van der Waals surface area contributed by atoms with Gasteiger partial charge in [-0.15, -0.1) is 0 Å². The van der Waals surface area contributed by atoms with Gasteiger partial charge in [-0.3, -0.25) is 9.59 Å². The SMILES string of the molecule is COC(=O)OC12COC1CC(O)C1(C)C(=O)C(O)C3=C(C)C(OC(=O)C(O)C(NC(=O)c4ccccc4)c4ccccc4)CC(O)(C(C)C21)C3(C)C.[Ac]. The Bertz CT molecular complexity index is 1770. The van der Waals surface area contributed by atoms with Gasteiger partial charge in [0.15, 0.2) is 17.5 Å². The fourth-order valence-corrected chi connectivity index (χ4v) is 9.60. The predicted octanol–water partition coefficient (Wildman–Crippen LogP) is 2.80. The molecule has 5 N–H and O–H groups in total. The number of methoxy groups -OCH3 is 1. The van der Waals surface area contributed by atoms with E-state index in [-0.39, 0.29) is 69.1 Å². The third kappa shape index (κ3) is 6.50. The summed E-state index contributed by atoms with van der Waals surface area (Å²) < 4.78 is 22.4. The number of amides is 1. The number of fused-ring (bicyclic) bond motifs is 5. The summed E-state index contributed by atoms with van der Waals surface area (Å²) in [6.45, 7) is 8.00. The number of esters is 1. The summed E-state index contributed by atoms with van der Waals surface area (Å²) in [4.78, 5) is 54.4. The number of rotatable bonds is 7. The summed E-state index contributed by atoms with van der Waals surface area (Å²) in [5.74, 6) is -4.45. The van der Waals surface area contributed by atoms with Gasteiger partial charge in [-0.05, 0) is 48.6 Å². The van der Waals surface area contributed by atoms with Crippen LogP contribution in [-0.4, -0.2) is 99.7 Å². The molecule has 1 amide bonds. The molecule has 1 aliphatic heterocycles. The Hall–Kier alpha value is -2.70. The molecule has 2 aromatic rings. The van der Waals surface area contributed by atoms with Crippen molar-refractivity contribution in [3.63, 3.8) is 0 Å². The molecule has 0 spiro atoms. The molecule has 1 radical (unpaired) electrons. The summed E-state index contributed by atoms with van der Waals surface area (Å²) in [7, 11) is 1.14. The number of carbonyl (C=O) groups is 4. The summed E-state index contributed by atoms with van der Waals surface area (Å²) in [6, 6.07) is 15.5. The number of hydrogen-bond acceptors (Lipinski definition) is 12. The molecule has 2 bridgehead atoms. The average molecular weight is 949 g/mol. The summed E-state index contributed by atoms with van der Waals surface area (Å²) >= 11 is 0. The van der Waals surface area contributed by atoms with Crippen molar-refractivity contribution in [3.8, 4) is 0 Å². The van der Waals surface area contributed by atoms with E-state index in [9.17, 15) is 39.6 Å². The summed E-state index contributed by atoms with van der Waals surface area (Å²) in [5, 5.41) is 50.8. The molecule has 6 rings (SSSR count). The van der Waals surface area contributed by atoms with Crippen LogP contribution in [0.5, 0.6) is 0 Å². The van der Waals surface area contributed by atoms with Crippen LogP contribution in [0.15, 0.2) is 71.8 Å². The summed E-state index contributed by atoms with van der Waals surface area (Å²) in [6.07, 6.45) is -8.54. The van der Waals surface area contributed by atoms with E-state index in [1.807, 2.05) is 0 Å². The molecule has 283 valence electrons. The molecule has 14 heteroatoms. The minimum Gasteiger partial charge on any atom is -0.456 e. The number of aliphatic hydroxyl groups excluding tert-OH is 3. The fraction of sp³-hybridized carbons (Fsp3) is 0.538.